The van der Waals surface area contributed by atoms with E-state index in [0.717, 1.165) is 5.56 Å². The number of benzene rings is 2. The number of rotatable bonds is 11. The van der Waals surface area contributed by atoms with E-state index in [-0.39, 0.29) is 13.0 Å². The molecule has 0 aliphatic rings. The molecule has 0 amide bonds. The van der Waals surface area contributed by atoms with E-state index >= 15 is 0 Å². The van der Waals surface area contributed by atoms with Crippen LogP contribution in [-0.2, 0) is 14.3 Å². The van der Waals surface area contributed by atoms with Gasteiger partial charge in [-0.1, -0.05) is 61.9 Å². The molecular weight excluding hydrogens is 346 g/mol. The molecule has 144 valence electrons. The molecule has 27 heavy (non-hydrogen) atoms. The summed E-state index contributed by atoms with van der Waals surface area (Å²) >= 11 is 0. The molecule has 0 bridgehead atoms. The molecule has 0 aromatic heterocycles. The zero-order valence-electron chi connectivity index (χ0n) is 15.3. The Morgan fingerprint density at radius 3 is 2.11 bits per heavy atom. The summed E-state index contributed by atoms with van der Waals surface area (Å²) in [7, 11) is 0. The lowest BCUT2D eigenvalue weighted by atomic mass is 10.1. The normalized spacial score (nSPS) is 12.9. The lowest BCUT2D eigenvalue weighted by Gasteiger charge is -2.38. The first-order valence-corrected chi connectivity index (χ1v) is 8.99. The highest BCUT2D eigenvalue weighted by Crippen LogP contribution is 2.32. The highest BCUT2D eigenvalue weighted by molar-refractivity contribution is 5.78. The SMILES string of the molecule is CCC[C@@H](C(=O)O)N(c1ccccc1)[C@H](OCCC(=O)O)c1ccccc1. The van der Waals surface area contributed by atoms with Crippen LogP contribution in [0.15, 0.2) is 60.7 Å². The third-order valence-corrected chi connectivity index (χ3v) is 4.17. The van der Waals surface area contributed by atoms with Gasteiger partial charge in [0.25, 0.3) is 0 Å². The van der Waals surface area contributed by atoms with Crippen LogP contribution in [0.4, 0.5) is 5.69 Å². The van der Waals surface area contributed by atoms with Gasteiger partial charge < -0.3 is 19.8 Å². The molecule has 6 heteroatoms. The Kier molecular flexibility index (Phi) is 7.82. The van der Waals surface area contributed by atoms with Crippen LogP contribution in [0.25, 0.3) is 0 Å². The topological polar surface area (TPSA) is 87.1 Å². The number of carbonyl (C=O) groups is 2. The third kappa shape index (κ3) is 5.82. The van der Waals surface area contributed by atoms with Gasteiger partial charge in [0.2, 0.25) is 0 Å². The second-order valence-corrected chi connectivity index (χ2v) is 6.16. The number of para-hydroxylation sites is 1. The monoisotopic (exact) mass is 371 g/mol. The van der Waals surface area contributed by atoms with Crippen molar-refractivity contribution in [2.75, 3.05) is 11.5 Å². The summed E-state index contributed by atoms with van der Waals surface area (Å²) in [6, 6.07) is 17.7. The van der Waals surface area contributed by atoms with Crippen molar-refractivity contribution in [3.05, 3.63) is 66.2 Å². The van der Waals surface area contributed by atoms with Crippen LogP contribution in [0.5, 0.6) is 0 Å². The Labute approximate surface area is 159 Å². The third-order valence-electron chi connectivity index (χ3n) is 4.17. The number of hydrogen-bond acceptors (Lipinski definition) is 4. The van der Waals surface area contributed by atoms with E-state index in [1.165, 1.54) is 0 Å². The van der Waals surface area contributed by atoms with Crippen LogP contribution in [0.3, 0.4) is 0 Å². The lowest BCUT2D eigenvalue weighted by molar-refractivity contribution is -0.141. The van der Waals surface area contributed by atoms with Crippen molar-refractivity contribution in [3.63, 3.8) is 0 Å². The molecule has 0 unspecified atom stereocenters. The quantitative estimate of drug-likeness (QED) is 0.582. The number of carboxylic acid groups (broad SMARTS) is 2. The number of nitrogens with zero attached hydrogens (tertiary/aromatic N) is 1. The van der Waals surface area contributed by atoms with Gasteiger partial charge in [-0.2, -0.15) is 0 Å². The van der Waals surface area contributed by atoms with Crippen LogP contribution in [-0.4, -0.2) is 34.8 Å². The van der Waals surface area contributed by atoms with E-state index in [0.29, 0.717) is 18.5 Å². The molecule has 2 atom stereocenters. The molecule has 2 N–H and O–H groups in total. The minimum absolute atomic E-state index is 0.0172. The summed E-state index contributed by atoms with van der Waals surface area (Å²) in [4.78, 5) is 24.7. The smallest absolute Gasteiger partial charge is 0.326 e. The van der Waals surface area contributed by atoms with Crippen molar-refractivity contribution in [1.82, 2.24) is 0 Å². The fourth-order valence-electron chi connectivity index (χ4n) is 2.95. The lowest BCUT2D eigenvalue weighted by Crippen LogP contribution is -2.45. The fourth-order valence-corrected chi connectivity index (χ4v) is 2.95. The minimum atomic E-state index is -0.962. The van der Waals surface area contributed by atoms with Crippen LogP contribution in [0.1, 0.15) is 38.0 Å². The zero-order valence-corrected chi connectivity index (χ0v) is 15.3. The highest BCUT2D eigenvalue weighted by Gasteiger charge is 2.32. The van der Waals surface area contributed by atoms with Gasteiger partial charge in [0, 0.05) is 11.3 Å². The number of ether oxygens (including phenoxy) is 1. The Morgan fingerprint density at radius 1 is 1.00 bits per heavy atom. The number of aliphatic carboxylic acids is 2. The van der Waals surface area contributed by atoms with Crippen LogP contribution >= 0.6 is 0 Å². The molecular formula is C21H25NO5. The van der Waals surface area contributed by atoms with E-state index in [2.05, 4.69) is 0 Å². The maximum absolute atomic E-state index is 12.0. The molecule has 0 saturated heterocycles. The van der Waals surface area contributed by atoms with Crippen molar-refractivity contribution < 1.29 is 24.5 Å². The van der Waals surface area contributed by atoms with Crippen LogP contribution < -0.4 is 4.90 Å². The maximum atomic E-state index is 12.0. The number of hydrogen-bond donors (Lipinski definition) is 2. The van der Waals surface area contributed by atoms with E-state index < -0.39 is 24.2 Å². The predicted octanol–water partition coefficient (Wildman–Crippen LogP) is 3.94. The summed E-state index contributed by atoms with van der Waals surface area (Å²) in [5.74, 6) is -1.90. The average Bonchev–Trinajstić information content (AvgIpc) is 2.67. The summed E-state index contributed by atoms with van der Waals surface area (Å²) in [6.45, 7) is 1.92. The first-order valence-electron chi connectivity index (χ1n) is 8.99. The summed E-state index contributed by atoms with van der Waals surface area (Å²) < 4.78 is 5.91. The second-order valence-electron chi connectivity index (χ2n) is 6.16. The Hall–Kier alpha value is -2.86. The standard InChI is InChI=1S/C21H25NO5/c1-2-9-18(21(25)26)22(17-12-7-4-8-13-17)20(27-15-14-19(23)24)16-10-5-3-6-11-16/h3-8,10-13,18,20H,2,9,14-15H2,1H3,(H,23,24)(H,25,26)/t18-,20+/m0/s1. The Bertz CT molecular complexity index is 720. The molecule has 0 radical (unpaired) electrons. The molecule has 0 aliphatic heterocycles. The van der Waals surface area contributed by atoms with Crippen LogP contribution in [0, 0.1) is 0 Å². The number of anilines is 1. The summed E-state index contributed by atoms with van der Waals surface area (Å²) in [5, 5.41) is 18.8. The summed E-state index contributed by atoms with van der Waals surface area (Å²) in [5.41, 5.74) is 1.48. The maximum Gasteiger partial charge on any atom is 0.326 e. The van der Waals surface area contributed by atoms with Crippen LogP contribution in [0.2, 0.25) is 0 Å². The molecule has 6 nitrogen and oxygen atoms in total. The minimum Gasteiger partial charge on any atom is -0.481 e. The van der Waals surface area contributed by atoms with Gasteiger partial charge in [0.15, 0.2) is 6.23 Å². The molecule has 0 fully saturated rings. The Morgan fingerprint density at radius 2 is 1.59 bits per heavy atom. The summed E-state index contributed by atoms with van der Waals surface area (Å²) in [6.07, 6.45) is 0.269. The molecule has 0 saturated carbocycles. The van der Waals surface area contributed by atoms with Crippen molar-refractivity contribution >= 4 is 17.6 Å². The molecule has 2 aromatic rings. The largest absolute Gasteiger partial charge is 0.481 e. The number of carboxylic acids is 2. The Balaban J connectivity index is 2.47. The molecule has 0 aliphatic carbocycles. The first-order chi connectivity index (χ1) is 13.0. The molecule has 2 aromatic carbocycles. The van der Waals surface area contributed by atoms with Crippen molar-refractivity contribution in [3.8, 4) is 0 Å². The van der Waals surface area contributed by atoms with Gasteiger partial charge in [-0.25, -0.2) is 4.79 Å². The first kappa shape index (κ1) is 20.5. The molecule has 2 rings (SSSR count). The van der Waals surface area contributed by atoms with Crippen molar-refractivity contribution in [2.24, 2.45) is 0 Å². The second kappa shape index (κ2) is 10.3. The van der Waals surface area contributed by atoms with Gasteiger partial charge in [-0.05, 0) is 18.6 Å². The van der Waals surface area contributed by atoms with Gasteiger partial charge in [-0.15, -0.1) is 0 Å². The van der Waals surface area contributed by atoms with E-state index in [1.807, 2.05) is 67.6 Å². The van der Waals surface area contributed by atoms with E-state index in [1.54, 1.807) is 4.90 Å². The highest BCUT2D eigenvalue weighted by atomic mass is 16.5. The van der Waals surface area contributed by atoms with Gasteiger partial charge >= 0.3 is 11.9 Å². The predicted molar refractivity (Wildman–Crippen MR) is 103 cm³/mol. The van der Waals surface area contributed by atoms with E-state index in [4.69, 9.17) is 9.84 Å². The molecule has 0 heterocycles. The van der Waals surface area contributed by atoms with Gasteiger partial charge in [-0.3, -0.25) is 4.79 Å². The van der Waals surface area contributed by atoms with Gasteiger partial charge in [0.05, 0.1) is 13.0 Å². The zero-order chi connectivity index (χ0) is 19.6. The van der Waals surface area contributed by atoms with Gasteiger partial charge in [0.1, 0.15) is 6.04 Å². The fraction of sp³-hybridized carbons (Fsp3) is 0.333. The van der Waals surface area contributed by atoms with Crippen molar-refractivity contribution in [2.45, 2.75) is 38.5 Å². The average molecular weight is 371 g/mol. The molecule has 0 spiro atoms. The van der Waals surface area contributed by atoms with Crippen molar-refractivity contribution in [1.29, 1.82) is 0 Å². The van der Waals surface area contributed by atoms with E-state index in [9.17, 15) is 14.7 Å².